The number of carbonyl (C=O) groups is 1. The molecule has 0 aromatic rings. The molecule has 1 amide bonds. The summed E-state index contributed by atoms with van der Waals surface area (Å²) < 4.78 is 5.16. The van der Waals surface area contributed by atoms with Gasteiger partial charge in [0.25, 0.3) is 5.17 Å². The summed E-state index contributed by atoms with van der Waals surface area (Å²) in [6, 6.07) is 0. The van der Waals surface area contributed by atoms with Crippen molar-refractivity contribution < 1.29 is 9.53 Å². The van der Waals surface area contributed by atoms with Crippen LogP contribution in [-0.2, 0) is 9.53 Å². The van der Waals surface area contributed by atoms with E-state index in [0.29, 0.717) is 13.0 Å². The molecule has 0 aromatic heterocycles. The molecule has 3 nitrogen and oxygen atoms in total. The van der Waals surface area contributed by atoms with Crippen LogP contribution in [0.15, 0.2) is 12.7 Å². The van der Waals surface area contributed by atoms with Crippen molar-refractivity contribution in [2.24, 2.45) is 0 Å². The Balaban J connectivity index is 2.63. The molecule has 1 saturated heterocycles. The van der Waals surface area contributed by atoms with Crippen molar-refractivity contribution >= 4 is 23.3 Å². The Morgan fingerprint density at radius 3 is 3.08 bits per heavy atom. The standard InChI is InChI=1S/C8H11NO2S/c1-3-6-5-9(7(10)4-2)8(12)11-6/h3,6H,1,4-5H2,2H3/t6-/m1/s1. The van der Waals surface area contributed by atoms with Crippen LogP contribution in [0.1, 0.15) is 13.3 Å². The van der Waals surface area contributed by atoms with Gasteiger partial charge in [-0.2, -0.15) is 0 Å². The highest BCUT2D eigenvalue weighted by Crippen LogP contribution is 2.13. The number of rotatable bonds is 2. The van der Waals surface area contributed by atoms with Crippen LogP contribution in [0, 0.1) is 0 Å². The van der Waals surface area contributed by atoms with Gasteiger partial charge in [0.1, 0.15) is 6.10 Å². The average Bonchev–Trinajstić information content (AvgIpc) is 2.45. The molecular formula is C8H11NO2S. The van der Waals surface area contributed by atoms with E-state index in [1.807, 2.05) is 0 Å². The van der Waals surface area contributed by atoms with Gasteiger partial charge in [-0.3, -0.25) is 9.69 Å². The molecule has 12 heavy (non-hydrogen) atoms. The van der Waals surface area contributed by atoms with Gasteiger partial charge in [-0.1, -0.05) is 13.5 Å². The van der Waals surface area contributed by atoms with E-state index in [4.69, 9.17) is 17.0 Å². The first-order chi connectivity index (χ1) is 5.69. The summed E-state index contributed by atoms with van der Waals surface area (Å²) in [6.07, 6.45) is 1.97. The molecule has 1 aliphatic rings. The zero-order chi connectivity index (χ0) is 9.14. The van der Waals surface area contributed by atoms with E-state index < -0.39 is 0 Å². The molecule has 1 aliphatic heterocycles. The number of hydrogen-bond acceptors (Lipinski definition) is 3. The molecule has 0 unspecified atom stereocenters. The number of thiocarbonyl (C=S) groups is 1. The third-order valence-corrected chi connectivity index (χ3v) is 2.02. The van der Waals surface area contributed by atoms with Crippen molar-refractivity contribution in [3.05, 3.63) is 12.7 Å². The van der Waals surface area contributed by atoms with Crippen molar-refractivity contribution in [1.29, 1.82) is 0 Å². The number of hydrogen-bond donors (Lipinski definition) is 0. The summed E-state index contributed by atoms with van der Waals surface area (Å²) in [6.45, 7) is 5.88. The van der Waals surface area contributed by atoms with Gasteiger partial charge in [-0.05, 0) is 18.3 Å². The highest BCUT2D eigenvalue weighted by Gasteiger charge is 2.29. The number of carbonyl (C=O) groups excluding carboxylic acids is 1. The first kappa shape index (κ1) is 9.19. The lowest BCUT2D eigenvalue weighted by molar-refractivity contribution is -0.126. The molecule has 4 heteroatoms. The van der Waals surface area contributed by atoms with Gasteiger partial charge in [-0.15, -0.1) is 0 Å². The monoisotopic (exact) mass is 185 g/mol. The zero-order valence-electron chi connectivity index (χ0n) is 6.95. The number of amides is 1. The van der Waals surface area contributed by atoms with E-state index >= 15 is 0 Å². The first-order valence-electron chi connectivity index (χ1n) is 3.82. The largest absolute Gasteiger partial charge is 0.461 e. The molecule has 0 N–H and O–H groups in total. The van der Waals surface area contributed by atoms with E-state index in [-0.39, 0.29) is 17.2 Å². The van der Waals surface area contributed by atoms with Gasteiger partial charge >= 0.3 is 0 Å². The predicted molar refractivity (Wildman–Crippen MR) is 49.7 cm³/mol. The second kappa shape index (κ2) is 3.67. The Kier molecular flexibility index (Phi) is 2.81. The van der Waals surface area contributed by atoms with Crippen LogP contribution in [0.4, 0.5) is 0 Å². The SMILES string of the molecule is C=C[C@@H]1CN(C(=O)CC)C(=S)O1. The van der Waals surface area contributed by atoms with Gasteiger partial charge < -0.3 is 4.74 Å². The van der Waals surface area contributed by atoms with Crippen LogP contribution >= 0.6 is 12.2 Å². The van der Waals surface area contributed by atoms with Crippen molar-refractivity contribution in [2.45, 2.75) is 19.4 Å². The molecule has 0 saturated carbocycles. The predicted octanol–water partition coefficient (Wildman–Crippen LogP) is 1.09. The van der Waals surface area contributed by atoms with E-state index in [9.17, 15) is 4.79 Å². The summed E-state index contributed by atoms with van der Waals surface area (Å²) in [5, 5.41) is 0.270. The average molecular weight is 185 g/mol. The lowest BCUT2D eigenvalue weighted by Crippen LogP contribution is -2.31. The second-order valence-corrected chi connectivity index (χ2v) is 2.87. The highest BCUT2D eigenvalue weighted by molar-refractivity contribution is 7.80. The summed E-state index contributed by atoms with van der Waals surface area (Å²) in [4.78, 5) is 12.7. The summed E-state index contributed by atoms with van der Waals surface area (Å²) in [5.41, 5.74) is 0. The maximum atomic E-state index is 11.2. The minimum atomic E-state index is -0.131. The van der Waals surface area contributed by atoms with Crippen LogP contribution < -0.4 is 0 Å². The molecule has 1 fully saturated rings. The van der Waals surface area contributed by atoms with Crippen LogP contribution in [0.5, 0.6) is 0 Å². The molecule has 1 atom stereocenters. The molecule has 1 heterocycles. The van der Waals surface area contributed by atoms with Gasteiger partial charge in [0.05, 0.1) is 6.54 Å². The van der Waals surface area contributed by atoms with Crippen LogP contribution in [0.25, 0.3) is 0 Å². The van der Waals surface area contributed by atoms with E-state index in [1.54, 1.807) is 13.0 Å². The van der Waals surface area contributed by atoms with Crippen molar-refractivity contribution in [3.8, 4) is 0 Å². The third kappa shape index (κ3) is 1.64. The van der Waals surface area contributed by atoms with Crippen molar-refractivity contribution in [2.75, 3.05) is 6.54 Å². The van der Waals surface area contributed by atoms with Gasteiger partial charge in [0.2, 0.25) is 5.91 Å². The van der Waals surface area contributed by atoms with Crippen LogP contribution in [-0.4, -0.2) is 28.6 Å². The minimum Gasteiger partial charge on any atom is -0.461 e. The smallest absolute Gasteiger partial charge is 0.266 e. The Morgan fingerprint density at radius 2 is 2.67 bits per heavy atom. The zero-order valence-corrected chi connectivity index (χ0v) is 7.76. The second-order valence-electron chi connectivity index (χ2n) is 2.52. The summed E-state index contributed by atoms with van der Waals surface area (Å²) in [7, 11) is 0. The fourth-order valence-corrected chi connectivity index (χ4v) is 1.30. The fourth-order valence-electron chi connectivity index (χ4n) is 1.00. The minimum absolute atomic E-state index is 0.00403. The Hall–Kier alpha value is -0.900. The van der Waals surface area contributed by atoms with Crippen LogP contribution in [0.2, 0.25) is 0 Å². The molecule has 1 rings (SSSR count). The Bertz CT molecular complexity index is 227. The Labute approximate surface area is 77.0 Å². The molecule has 0 spiro atoms. The van der Waals surface area contributed by atoms with Crippen molar-refractivity contribution in [3.63, 3.8) is 0 Å². The van der Waals surface area contributed by atoms with Crippen molar-refractivity contribution in [1.82, 2.24) is 4.90 Å². The lowest BCUT2D eigenvalue weighted by Gasteiger charge is -2.10. The maximum absolute atomic E-state index is 11.2. The van der Waals surface area contributed by atoms with Crippen LogP contribution in [0.3, 0.4) is 0 Å². The lowest BCUT2D eigenvalue weighted by atomic mass is 10.3. The fraction of sp³-hybridized carbons (Fsp3) is 0.500. The summed E-state index contributed by atoms with van der Waals surface area (Å²) >= 11 is 4.86. The van der Waals surface area contributed by atoms with Gasteiger partial charge in [0.15, 0.2) is 0 Å². The molecule has 0 aromatic carbocycles. The summed E-state index contributed by atoms with van der Waals surface area (Å²) in [5.74, 6) is 0.00403. The quantitative estimate of drug-likeness (QED) is 0.476. The topological polar surface area (TPSA) is 29.5 Å². The number of nitrogens with zero attached hydrogens (tertiary/aromatic N) is 1. The molecule has 0 aliphatic carbocycles. The van der Waals surface area contributed by atoms with E-state index in [2.05, 4.69) is 6.58 Å². The first-order valence-corrected chi connectivity index (χ1v) is 4.23. The molecule has 0 radical (unpaired) electrons. The maximum Gasteiger partial charge on any atom is 0.266 e. The highest BCUT2D eigenvalue weighted by atomic mass is 32.1. The third-order valence-electron chi connectivity index (χ3n) is 1.70. The number of ether oxygens (including phenoxy) is 1. The normalized spacial score (nSPS) is 22.2. The van der Waals surface area contributed by atoms with E-state index in [1.165, 1.54) is 4.90 Å². The van der Waals surface area contributed by atoms with Gasteiger partial charge in [-0.25, -0.2) is 0 Å². The molecule has 0 bridgehead atoms. The molecule has 66 valence electrons. The van der Waals surface area contributed by atoms with Gasteiger partial charge in [0, 0.05) is 6.42 Å². The Morgan fingerprint density at radius 1 is 2.00 bits per heavy atom. The van der Waals surface area contributed by atoms with E-state index in [0.717, 1.165) is 0 Å². The molecular weight excluding hydrogens is 174 g/mol.